The number of urea groups is 1. The Labute approximate surface area is 238 Å². The highest BCUT2D eigenvalue weighted by Gasteiger charge is 2.51. The van der Waals surface area contributed by atoms with Gasteiger partial charge >= 0.3 is 6.03 Å². The molecule has 1 saturated heterocycles. The molecule has 5 rings (SSSR count). The number of halogens is 3. The zero-order chi connectivity index (χ0) is 27.2. The van der Waals surface area contributed by atoms with Crippen LogP contribution >= 0.6 is 39.1 Å². The molecule has 0 saturated carbocycles. The Kier molecular flexibility index (Phi) is 7.20. The fraction of sp³-hybridized carbons (Fsp3) is 0.292. The minimum atomic E-state index is -4.11. The predicted molar refractivity (Wildman–Crippen MR) is 147 cm³/mol. The van der Waals surface area contributed by atoms with E-state index in [1.807, 2.05) is 24.3 Å². The van der Waals surface area contributed by atoms with Crippen molar-refractivity contribution in [3.63, 3.8) is 0 Å². The van der Waals surface area contributed by atoms with Crippen LogP contribution in [-0.4, -0.2) is 61.0 Å². The number of anilines is 2. The van der Waals surface area contributed by atoms with Crippen LogP contribution in [0.4, 0.5) is 16.4 Å². The van der Waals surface area contributed by atoms with Crippen LogP contribution in [0.3, 0.4) is 0 Å². The molecule has 1 fully saturated rings. The Hall–Kier alpha value is -2.64. The van der Waals surface area contributed by atoms with Gasteiger partial charge in [0.25, 0.3) is 15.9 Å². The highest BCUT2D eigenvalue weighted by atomic mass is 79.9. The van der Waals surface area contributed by atoms with Gasteiger partial charge in [0.1, 0.15) is 5.54 Å². The number of sulfonamides is 1. The summed E-state index contributed by atoms with van der Waals surface area (Å²) < 4.78 is 31.8. The molecule has 14 heteroatoms. The molecule has 1 unspecified atom stereocenters. The first kappa shape index (κ1) is 26.9. The number of nitrogens with zero attached hydrogens (tertiary/aromatic N) is 4. The number of hydrogen-bond donors (Lipinski definition) is 2. The summed E-state index contributed by atoms with van der Waals surface area (Å²) >= 11 is 15.9. The third-order valence-electron chi connectivity index (χ3n) is 6.53. The highest BCUT2D eigenvalue weighted by molar-refractivity contribution is 9.10. The quantitative estimate of drug-likeness (QED) is 0.387. The average Bonchev–Trinajstić information content (AvgIpc) is 3.52. The summed E-state index contributed by atoms with van der Waals surface area (Å²) in [5.41, 5.74) is -0.144. The van der Waals surface area contributed by atoms with Crippen molar-refractivity contribution < 1.29 is 18.0 Å². The molecule has 1 atom stereocenters. The van der Waals surface area contributed by atoms with Gasteiger partial charge in [-0.3, -0.25) is 9.36 Å². The minimum Gasteiger partial charge on any atom is -0.336 e. The zero-order valence-electron chi connectivity index (χ0n) is 20.1. The first-order valence-corrected chi connectivity index (χ1v) is 14.7. The van der Waals surface area contributed by atoms with E-state index in [2.05, 4.69) is 31.0 Å². The monoisotopic (exact) mass is 640 g/mol. The second-order valence-corrected chi connectivity index (χ2v) is 12.7. The lowest BCUT2D eigenvalue weighted by molar-refractivity contribution is -0.124. The summed E-state index contributed by atoms with van der Waals surface area (Å²) in [5.74, 6) is -0.251. The standard InChI is InChI=1S/C24H23BrCl2N6O4S/c1-24(13-15-2-4-16(25)5-3-15)21(34)32(19-11-17(26)10-18(27)12-19)22-29-14-20(33(22)24)38(36,37)30-7-9-31-8-6-28-23(31)35/h2-5,10-12,14,30H,6-9,13H2,1H3,(H,28,35). The number of imidazole rings is 1. The number of amides is 3. The van der Waals surface area contributed by atoms with Crippen LogP contribution in [0.1, 0.15) is 12.5 Å². The average molecular weight is 642 g/mol. The van der Waals surface area contributed by atoms with Crippen LogP contribution in [0.2, 0.25) is 10.0 Å². The Morgan fingerprint density at radius 1 is 1.13 bits per heavy atom. The fourth-order valence-electron chi connectivity index (χ4n) is 4.73. The molecule has 2 aliphatic rings. The molecule has 0 radical (unpaired) electrons. The van der Waals surface area contributed by atoms with Crippen molar-refractivity contribution >= 4 is 72.7 Å². The second kappa shape index (κ2) is 10.2. The van der Waals surface area contributed by atoms with Crippen LogP contribution in [0, 0.1) is 0 Å². The SMILES string of the molecule is CC1(Cc2ccc(Br)cc2)C(=O)N(c2cc(Cl)cc(Cl)c2)c2ncc(S(=O)(=O)NCCN3CCNC3=O)n21. The van der Waals surface area contributed by atoms with Gasteiger partial charge in [0.2, 0.25) is 5.95 Å². The van der Waals surface area contributed by atoms with Gasteiger partial charge in [-0.25, -0.2) is 27.8 Å². The van der Waals surface area contributed by atoms with Crippen molar-refractivity contribution in [3.05, 3.63) is 68.7 Å². The summed E-state index contributed by atoms with van der Waals surface area (Å²) in [7, 11) is -4.11. The molecule has 3 aromatic rings. The third kappa shape index (κ3) is 4.91. The van der Waals surface area contributed by atoms with Crippen LogP contribution in [0.25, 0.3) is 0 Å². The van der Waals surface area contributed by atoms with Crippen LogP contribution in [0.15, 0.2) is 58.2 Å². The second-order valence-electron chi connectivity index (χ2n) is 9.19. The van der Waals surface area contributed by atoms with Gasteiger partial charge in [0, 0.05) is 47.1 Å². The molecule has 200 valence electrons. The third-order valence-corrected chi connectivity index (χ3v) is 8.92. The molecule has 0 spiro atoms. The number of nitrogens with one attached hydrogen (secondary N) is 2. The number of benzene rings is 2. The topological polar surface area (TPSA) is 117 Å². The summed E-state index contributed by atoms with van der Waals surface area (Å²) in [6.07, 6.45) is 1.43. The predicted octanol–water partition coefficient (Wildman–Crippen LogP) is 3.89. The summed E-state index contributed by atoms with van der Waals surface area (Å²) in [4.78, 5) is 33.1. The van der Waals surface area contributed by atoms with E-state index in [1.54, 1.807) is 25.1 Å². The number of hydrogen-bond acceptors (Lipinski definition) is 5. The molecule has 38 heavy (non-hydrogen) atoms. The van der Waals surface area contributed by atoms with Gasteiger partial charge < -0.3 is 10.2 Å². The van der Waals surface area contributed by atoms with E-state index in [1.165, 1.54) is 20.6 Å². The first-order valence-electron chi connectivity index (χ1n) is 11.7. The highest BCUT2D eigenvalue weighted by Crippen LogP contribution is 2.44. The molecule has 2 aromatic carbocycles. The van der Waals surface area contributed by atoms with Crippen LogP contribution in [-0.2, 0) is 26.8 Å². The number of carbonyl (C=O) groups is 2. The summed E-state index contributed by atoms with van der Waals surface area (Å²) in [6.45, 7) is 2.90. The molecule has 1 aromatic heterocycles. The van der Waals surface area contributed by atoms with E-state index in [0.717, 1.165) is 10.0 Å². The normalized spacial score (nSPS) is 19.3. The maximum atomic E-state index is 14.0. The maximum absolute atomic E-state index is 14.0. The summed E-state index contributed by atoms with van der Waals surface area (Å²) in [6, 6.07) is 11.9. The van der Waals surface area contributed by atoms with Gasteiger partial charge in [0.05, 0.1) is 11.9 Å². The van der Waals surface area contributed by atoms with E-state index >= 15 is 0 Å². The van der Waals surface area contributed by atoms with Crippen molar-refractivity contribution in [2.45, 2.75) is 23.9 Å². The lowest BCUT2D eigenvalue weighted by atomic mass is 9.92. The van der Waals surface area contributed by atoms with E-state index in [4.69, 9.17) is 23.2 Å². The molecule has 2 N–H and O–H groups in total. The summed E-state index contributed by atoms with van der Waals surface area (Å²) in [5, 5.41) is 3.15. The Balaban J connectivity index is 1.55. The number of carbonyl (C=O) groups excluding carboxylic acids is 2. The van der Waals surface area contributed by atoms with E-state index in [0.29, 0.717) is 28.8 Å². The van der Waals surface area contributed by atoms with Crippen LogP contribution in [0.5, 0.6) is 0 Å². The molecule has 3 heterocycles. The molecule has 0 aliphatic carbocycles. The lowest BCUT2D eigenvalue weighted by Crippen LogP contribution is -2.43. The van der Waals surface area contributed by atoms with Crippen molar-refractivity contribution in [2.24, 2.45) is 0 Å². The fourth-order valence-corrected chi connectivity index (χ4v) is 6.74. The first-order chi connectivity index (χ1) is 18.0. The molecule has 10 nitrogen and oxygen atoms in total. The smallest absolute Gasteiger partial charge is 0.317 e. The number of fused-ring (bicyclic) bond motifs is 1. The minimum absolute atomic E-state index is 0.00124. The van der Waals surface area contributed by atoms with Crippen LogP contribution < -0.4 is 14.9 Å². The Morgan fingerprint density at radius 3 is 2.45 bits per heavy atom. The van der Waals surface area contributed by atoms with Gasteiger partial charge in [-0.05, 0) is 42.8 Å². The van der Waals surface area contributed by atoms with E-state index in [-0.39, 0.29) is 42.4 Å². The van der Waals surface area contributed by atoms with Gasteiger partial charge in [-0.1, -0.05) is 51.3 Å². The van der Waals surface area contributed by atoms with Gasteiger partial charge in [-0.2, -0.15) is 0 Å². The largest absolute Gasteiger partial charge is 0.336 e. The van der Waals surface area contributed by atoms with Crippen molar-refractivity contribution in [3.8, 4) is 0 Å². The van der Waals surface area contributed by atoms with Crippen molar-refractivity contribution in [1.82, 2.24) is 24.5 Å². The van der Waals surface area contributed by atoms with E-state index < -0.39 is 15.6 Å². The van der Waals surface area contributed by atoms with Gasteiger partial charge in [0.15, 0.2) is 5.03 Å². The molecule has 0 bridgehead atoms. The maximum Gasteiger partial charge on any atom is 0.317 e. The molecule has 2 aliphatic heterocycles. The lowest BCUT2D eigenvalue weighted by Gasteiger charge is -2.27. The number of aromatic nitrogens is 2. The van der Waals surface area contributed by atoms with E-state index in [9.17, 15) is 18.0 Å². The Morgan fingerprint density at radius 2 is 1.82 bits per heavy atom. The number of rotatable bonds is 8. The molecule has 3 amide bonds. The molecular weight excluding hydrogens is 619 g/mol. The zero-order valence-corrected chi connectivity index (χ0v) is 24.0. The van der Waals surface area contributed by atoms with Crippen molar-refractivity contribution in [2.75, 3.05) is 31.1 Å². The van der Waals surface area contributed by atoms with Crippen molar-refractivity contribution in [1.29, 1.82) is 0 Å². The Bertz CT molecular complexity index is 1510. The van der Waals surface area contributed by atoms with Gasteiger partial charge in [-0.15, -0.1) is 0 Å². The molecular formula is C24H23BrCl2N6O4S.